The van der Waals surface area contributed by atoms with Crippen molar-refractivity contribution in [1.29, 1.82) is 0 Å². The quantitative estimate of drug-likeness (QED) is 0.471. The number of nitrogens with one attached hydrogen (secondary N) is 1. The molecule has 5 nitrogen and oxygen atoms in total. The largest absolute Gasteiger partial charge is 0.348 e. The van der Waals surface area contributed by atoms with Crippen LogP contribution < -0.4 is 5.32 Å². The third-order valence-electron chi connectivity index (χ3n) is 5.79. The Bertz CT molecular complexity index is 983. The van der Waals surface area contributed by atoms with Gasteiger partial charge >= 0.3 is 0 Å². The summed E-state index contributed by atoms with van der Waals surface area (Å²) >= 11 is 3.24. The Morgan fingerprint density at radius 1 is 1.03 bits per heavy atom. The Hall–Kier alpha value is -2.19. The van der Waals surface area contributed by atoms with E-state index in [0.717, 1.165) is 66.7 Å². The number of thioether (sulfide) groups is 1. The molecule has 0 aliphatic carbocycles. The van der Waals surface area contributed by atoms with Crippen LogP contribution in [0.25, 0.3) is 0 Å². The molecule has 2 aromatic carbocycles. The summed E-state index contributed by atoms with van der Waals surface area (Å²) < 4.78 is 0. The number of piperazine rings is 1. The number of nitrogens with zero attached hydrogens (tertiary/aromatic N) is 3. The van der Waals surface area contributed by atoms with E-state index < -0.39 is 0 Å². The highest BCUT2D eigenvalue weighted by atomic mass is 32.2. The Balaban J connectivity index is 1.28. The maximum atomic E-state index is 12.8. The molecule has 0 unspecified atom stereocenters. The molecule has 1 aromatic heterocycles. The van der Waals surface area contributed by atoms with Gasteiger partial charge in [0.15, 0.2) is 0 Å². The minimum absolute atomic E-state index is 0.0377. The number of carbonyl (C=O) groups is 1. The van der Waals surface area contributed by atoms with Gasteiger partial charge in [-0.1, -0.05) is 43.3 Å². The zero-order valence-electron chi connectivity index (χ0n) is 18.5. The number of hydrogen-bond donors (Lipinski definition) is 1. The van der Waals surface area contributed by atoms with Gasteiger partial charge in [-0.3, -0.25) is 9.69 Å². The third-order valence-corrected chi connectivity index (χ3v) is 7.53. The Morgan fingerprint density at radius 2 is 1.75 bits per heavy atom. The van der Waals surface area contributed by atoms with Gasteiger partial charge in [0, 0.05) is 55.3 Å². The molecule has 7 heteroatoms. The lowest BCUT2D eigenvalue weighted by molar-refractivity contribution is 0.0948. The van der Waals surface area contributed by atoms with E-state index in [2.05, 4.69) is 51.3 Å². The summed E-state index contributed by atoms with van der Waals surface area (Å²) in [7, 11) is 0. The molecular weight excluding hydrogens is 436 g/mol. The van der Waals surface area contributed by atoms with Crippen molar-refractivity contribution >= 4 is 29.0 Å². The van der Waals surface area contributed by atoms with Gasteiger partial charge < -0.3 is 10.2 Å². The van der Waals surface area contributed by atoms with E-state index in [1.807, 2.05) is 35.2 Å². The molecule has 1 N–H and O–H groups in total. The van der Waals surface area contributed by atoms with Crippen molar-refractivity contribution in [1.82, 2.24) is 20.1 Å². The smallest absolute Gasteiger partial charge is 0.252 e. The van der Waals surface area contributed by atoms with E-state index in [1.165, 1.54) is 5.56 Å². The molecular formula is C25H30N4OS2. The lowest BCUT2D eigenvalue weighted by Gasteiger charge is -2.34. The second-order valence-corrected chi connectivity index (χ2v) is 9.71. The van der Waals surface area contributed by atoms with Crippen molar-refractivity contribution < 1.29 is 4.79 Å². The highest BCUT2D eigenvalue weighted by Gasteiger charge is 2.15. The Kier molecular flexibility index (Phi) is 8.34. The molecule has 0 spiro atoms. The van der Waals surface area contributed by atoms with E-state index in [4.69, 9.17) is 0 Å². The average Bonchev–Trinajstić information content (AvgIpc) is 3.36. The van der Waals surface area contributed by atoms with Crippen LogP contribution in [0.5, 0.6) is 0 Å². The van der Waals surface area contributed by atoms with Crippen molar-refractivity contribution in [3.05, 3.63) is 81.8 Å². The monoisotopic (exact) mass is 466 g/mol. The van der Waals surface area contributed by atoms with Crippen LogP contribution in [0.15, 0.2) is 64.3 Å². The van der Waals surface area contributed by atoms with Crippen LogP contribution in [0, 0.1) is 0 Å². The molecule has 1 saturated heterocycles. The molecule has 0 atom stereocenters. The van der Waals surface area contributed by atoms with Crippen LogP contribution >= 0.6 is 23.1 Å². The summed E-state index contributed by atoms with van der Waals surface area (Å²) in [5.41, 5.74) is 6.05. The van der Waals surface area contributed by atoms with E-state index in [1.54, 1.807) is 23.1 Å². The summed E-state index contributed by atoms with van der Waals surface area (Å²) in [4.78, 5) is 23.2. The summed E-state index contributed by atoms with van der Waals surface area (Å²) in [6, 6.07) is 16.4. The molecule has 168 valence electrons. The van der Waals surface area contributed by atoms with Crippen LogP contribution in [-0.4, -0.2) is 53.4 Å². The Labute approximate surface area is 198 Å². The summed E-state index contributed by atoms with van der Waals surface area (Å²) in [5.74, 6) is 0.729. The highest BCUT2D eigenvalue weighted by molar-refractivity contribution is 7.98. The van der Waals surface area contributed by atoms with Crippen molar-refractivity contribution in [3.8, 4) is 0 Å². The normalized spacial score (nSPS) is 15.0. The minimum Gasteiger partial charge on any atom is -0.348 e. The first-order valence-corrected chi connectivity index (χ1v) is 13.0. The predicted octanol–water partition coefficient (Wildman–Crippen LogP) is 4.50. The predicted molar refractivity (Wildman–Crippen MR) is 133 cm³/mol. The van der Waals surface area contributed by atoms with Gasteiger partial charge in [-0.2, -0.15) is 0 Å². The first-order valence-electron chi connectivity index (χ1n) is 11.1. The molecule has 4 rings (SSSR count). The Morgan fingerprint density at radius 3 is 2.47 bits per heavy atom. The van der Waals surface area contributed by atoms with Crippen LogP contribution in [0.1, 0.15) is 34.1 Å². The number of aromatic nitrogens is 1. The number of likely N-dealkylation sites (N-methyl/N-ethyl adjacent to an activating group) is 1. The second-order valence-electron chi connectivity index (χ2n) is 7.97. The van der Waals surface area contributed by atoms with Crippen LogP contribution in [0.2, 0.25) is 0 Å². The number of carbonyl (C=O) groups excluding carboxylic acids is 1. The molecule has 0 saturated carbocycles. The van der Waals surface area contributed by atoms with Gasteiger partial charge in [0.2, 0.25) is 0 Å². The van der Waals surface area contributed by atoms with Crippen LogP contribution in [0.3, 0.4) is 0 Å². The molecule has 1 fully saturated rings. The number of amides is 1. The number of rotatable bonds is 9. The number of hydrogen-bond acceptors (Lipinski definition) is 6. The van der Waals surface area contributed by atoms with Gasteiger partial charge in [-0.25, -0.2) is 4.98 Å². The highest BCUT2D eigenvalue weighted by Crippen LogP contribution is 2.26. The van der Waals surface area contributed by atoms with Gasteiger partial charge in [0.1, 0.15) is 0 Å². The van der Waals surface area contributed by atoms with E-state index >= 15 is 0 Å². The zero-order valence-corrected chi connectivity index (χ0v) is 20.1. The van der Waals surface area contributed by atoms with Crippen molar-refractivity contribution in [2.45, 2.75) is 30.7 Å². The molecule has 1 amide bonds. The van der Waals surface area contributed by atoms with E-state index in [9.17, 15) is 4.79 Å². The third kappa shape index (κ3) is 6.42. The fourth-order valence-electron chi connectivity index (χ4n) is 3.80. The summed E-state index contributed by atoms with van der Waals surface area (Å²) in [6.45, 7) is 9.47. The standard InChI is InChI=1S/C25H30N4OS2/c1-2-28-11-13-29(14-12-28)16-21-9-7-20(8-10-21)15-26-25(30)23-5-3-4-6-24(23)32-18-22-17-31-19-27-22/h3-10,17,19H,2,11-16,18H2,1H3,(H,26,30). The maximum absolute atomic E-state index is 12.8. The molecule has 1 aliphatic heterocycles. The average molecular weight is 467 g/mol. The van der Waals surface area contributed by atoms with Gasteiger partial charge in [0.25, 0.3) is 5.91 Å². The van der Waals surface area contributed by atoms with Crippen LogP contribution in [-0.2, 0) is 18.8 Å². The van der Waals surface area contributed by atoms with Crippen LogP contribution in [0.4, 0.5) is 0 Å². The van der Waals surface area contributed by atoms with Crippen molar-refractivity contribution in [2.75, 3.05) is 32.7 Å². The van der Waals surface area contributed by atoms with E-state index in [0.29, 0.717) is 6.54 Å². The molecule has 0 bridgehead atoms. The molecule has 0 radical (unpaired) electrons. The molecule has 1 aliphatic rings. The zero-order chi connectivity index (χ0) is 22.2. The lowest BCUT2D eigenvalue weighted by atomic mass is 10.1. The summed E-state index contributed by atoms with van der Waals surface area (Å²) in [5, 5.41) is 5.13. The molecule has 2 heterocycles. The topological polar surface area (TPSA) is 48.5 Å². The first kappa shape index (κ1) is 23.0. The van der Waals surface area contributed by atoms with Crippen molar-refractivity contribution in [3.63, 3.8) is 0 Å². The van der Waals surface area contributed by atoms with Gasteiger partial charge in [0.05, 0.1) is 16.8 Å². The van der Waals surface area contributed by atoms with Gasteiger partial charge in [-0.05, 0) is 29.8 Å². The first-order chi connectivity index (χ1) is 15.7. The van der Waals surface area contributed by atoms with Crippen molar-refractivity contribution in [2.24, 2.45) is 0 Å². The SMILES string of the molecule is CCN1CCN(Cc2ccc(CNC(=O)c3ccccc3SCc3cscn3)cc2)CC1. The fraction of sp³-hybridized carbons (Fsp3) is 0.360. The van der Waals surface area contributed by atoms with E-state index in [-0.39, 0.29) is 5.91 Å². The molecule has 32 heavy (non-hydrogen) atoms. The fourth-order valence-corrected chi connectivity index (χ4v) is 5.42. The lowest BCUT2D eigenvalue weighted by Crippen LogP contribution is -2.45. The minimum atomic E-state index is -0.0377. The molecule has 3 aromatic rings. The number of thiazole rings is 1. The maximum Gasteiger partial charge on any atom is 0.252 e. The second kappa shape index (κ2) is 11.6. The number of benzene rings is 2. The van der Waals surface area contributed by atoms with Gasteiger partial charge in [-0.15, -0.1) is 23.1 Å². The summed E-state index contributed by atoms with van der Waals surface area (Å²) in [6.07, 6.45) is 0.